The number of hydrogen-bond donors (Lipinski definition) is 0. The Labute approximate surface area is 215 Å². The van der Waals surface area contributed by atoms with Crippen LogP contribution >= 0.6 is 46.0 Å². The van der Waals surface area contributed by atoms with Crippen molar-refractivity contribution in [2.24, 2.45) is 4.99 Å². The number of hydrogen-bond acceptors (Lipinski definition) is 7. The van der Waals surface area contributed by atoms with E-state index in [0.29, 0.717) is 41.0 Å². The number of carbonyl (C=O) groups excluding carboxylic acids is 1. The molecule has 2 aliphatic heterocycles. The Morgan fingerprint density at radius 3 is 2.73 bits per heavy atom. The van der Waals surface area contributed by atoms with Crippen LogP contribution in [0, 0.1) is 3.57 Å². The maximum Gasteiger partial charge on any atom is 0.338 e. The lowest BCUT2D eigenvalue weighted by Gasteiger charge is -2.33. The van der Waals surface area contributed by atoms with Gasteiger partial charge in [-0.2, -0.15) is 0 Å². The van der Waals surface area contributed by atoms with E-state index in [2.05, 4.69) is 27.6 Å². The molecular formula is C24H22ClIN2O4S. The van der Waals surface area contributed by atoms with Crippen LogP contribution < -0.4 is 9.47 Å². The van der Waals surface area contributed by atoms with Gasteiger partial charge in [0.1, 0.15) is 6.61 Å². The lowest BCUT2D eigenvalue weighted by molar-refractivity contribution is -0.139. The summed E-state index contributed by atoms with van der Waals surface area (Å²) < 4.78 is 18.0. The minimum absolute atomic E-state index is 0.293. The van der Waals surface area contributed by atoms with E-state index in [-0.39, 0.29) is 12.0 Å². The summed E-state index contributed by atoms with van der Waals surface area (Å²) in [7, 11) is 1.61. The number of rotatable bonds is 7. The molecule has 0 fully saturated rings. The molecule has 4 rings (SSSR count). The van der Waals surface area contributed by atoms with Crippen molar-refractivity contribution in [2.75, 3.05) is 13.7 Å². The predicted molar refractivity (Wildman–Crippen MR) is 140 cm³/mol. The second-order valence-corrected chi connectivity index (χ2v) is 9.75. The predicted octanol–water partition coefficient (Wildman–Crippen LogP) is 6.30. The van der Waals surface area contributed by atoms with Gasteiger partial charge < -0.3 is 19.1 Å². The Bertz CT molecular complexity index is 1160. The van der Waals surface area contributed by atoms with Crippen molar-refractivity contribution in [1.82, 2.24) is 4.90 Å². The summed E-state index contributed by atoms with van der Waals surface area (Å²) in [4.78, 5) is 19.5. The molecule has 33 heavy (non-hydrogen) atoms. The van der Waals surface area contributed by atoms with Gasteiger partial charge >= 0.3 is 5.97 Å². The first-order valence-electron chi connectivity index (χ1n) is 10.3. The highest BCUT2D eigenvalue weighted by atomic mass is 127. The van der Waals surface area contributed by atoms with E-state index in [4.69, 9.17) is 25.8 Å². The summed E-state index contributed by atoms with van der Waals surface area (Å²) in [5.41, 5.74) is 3.05. The molecule has 2 aromatic carbocycles. The van der Waals surface area contributed by atoms with Gasteiger partial charge in [0.05, 0.1) is 34.6 Å². The van der Waals surface area contributed by atoms with Gasteiger partial charge in [0, 0.05) is 11.2 Å². The second-order valence-electron chi connectivity index (χ2n) is 7.28. The number of methoxy groups -OCH3 is 1. The van der Waals surface area contributed by atoms with Gasteiger partial charge in [-0.15, -0.1) is 0 Å². The van der Waals surface area contributed by atoms with Crippen LogP contribution in [0.4, 0.5) is 0 Å². The fraction of sp³-hybridized carbons (Fsp3) is 0.250. The maximum absolute atomic E-state index is 12.9. The number of carbonyl (C=O) groups is 1. The number of thioether (sulfide) groups is 1. The van der Waals surface area contributed by atoms with Crippen LogP contribution in [0.5, 0.6) is 11.5 Å². The zero-order valence-electron chi connectivity index (χ0n) is 18.3. The normalized spacial score (nSPS) is 17.1. The van der Waals surface area contributed by atoms with E-state index in [1.807, 2.05) is 59.8 Å². The average Bonchev–Trinajstić information content (AvgIpc) is 3.26. The van der Waals surface area contributed by atoms with E-state index < -0.39 is 0 Å². The van der Waals surface area contributed by atoms with E-state index >= 15 is 0 Å². The van der Waals surface area contributed by atoms with Gasteiger partial charge in [-0.25, -0.2) is 9.79 Å². The topological polar surface area (TPSA) is 60.4 Å². The summed E-state index contributed by atoms with van der Waals surface area (Å²) in [5.74, 6) is 0.864. The fourth-order valence-corrected chi connectivity index (χ4v) is 5.37. The molecule has 172 valence electrons. The van der Waals surface area contributed by atoms with Crippen LogP contribution in [-0.4, -0.2) is 29.8 Å². The molecule has 2 heterocycles. The van der Waals surface area contributed by atoms with Crippen LogP contribution in [0.25, 0.3) is 0 Å². The van der Waals surface area contributed by atoms with E-state index in [1.54, 1.807) is 14.0 Å². The Balaban J connectivity index is 1.70. The molecule has 1 atom stereocenters. The summed E-state index contributed by atoms with van der Waals surface area (Å²) in [6, 6.07) is 11.1. The number of benzene rings is 2. The van der Waals surface area contributed by atoms with Gasteiger partial charge in [0.2, 0.25) is 0 Å². The SMILES string of the molecule is CCOC(=O)C1=C(C)N=C2SC=CN2[C@H]1c1cc(I)c(OCc2ccc(Cl)cc2)c(OC)c1. The van der Waals surface area contributed by atoms with Crippen molar-refractivity contribution in [1.29, 1.82) is 0 Å². The minimum atomic E-state index is -0.379. The summed E-state index contributed by atoms with van der Waals surface area (Å²) in [6.45, 7) is 4.31. The van der Waals surface area contributed by atoms with Gasteiger partial charge in [-0.1, -0.05) is 35.5 Å². The highest BCUT2D eigenvalue weighted by Gasteiger charge is 2.38. The number of ether oxygens (including phenoxy) is 3. The molecule has 2 aromatic rings. The fourth-order valence-electron chi connectivity index (χ4n) is 3.67. The molecule has 0 saturated heterocycles. The Morgan fingerprint density at radius 1 is 1.27 bits per heavy atom. The second kappa shape index (κ2) is 10.4. The molecule has 0 N–H and O–H groups in total. The standard InChI is InChI=1S/C24H22ClIN2O4S/c1-4-31-23(29)20-14(2)27-24-28(9-10-33-24)21(20)16-11-18(26)22(19(12-16)30-3)32-13-15-5-7-17(25)8-6-15/h5-12,21H,4,13H2,1-3H3/t21-/m0/s1. The highest BCUT2D eigenvalue weighted by Crippen LogP contribution is 2.44. The monoisotopic (exact) mass is 596 g/mol. The Hall–Kier alpha value is -2.17. The molecule has 0 bridgehead atoms. The quantitative estimate of drug-likeness (QED) is 0.276. The van der Waals surface area contributed by atoms with Gasteiger partial charge in [-0.05, 0) is 77.2 Å². The first kappa shape index (κ1) is 24.0. The number of fused-ring (bicyclic) bond motifs is 1. The molecule has 0 aliphatic carbocycles. The average molecular weight is 597 g/mol. The lowest BCUT2D eigenvalue weighted by Crippen LogP contribution is -2.34. The van der Waals surface area contributed by atoms with Crippen molar-refractivity contribution >= 4 is 57.1 Å². The van der Waals surface area contributed by atoms with Crippen LogP contribution in [0.15, 0.2) is 64.3 Å². The van der Waals surface area contributed by atoms with Crippen LogP contribution in [0.3, 0.4) is 0 Å². The summed E-state index contributed by atoms with van der Waals surface area (Å²) >= 11 is 9.73. The highest BCUT2D eigenvalue weighted by molar-refractivity contribution is 14.1. The number of amidine groups is 1. The smallest absolute Gasteiger partial charge is 0.338 e. The van der Waals surface area contributed by atoms with Crippen LogP contribution in [0.1, 0.15) is 31.0 Å². The largest absolute Gasteiger partial charge is 0.493 e. The third kappa shape index (κ3) is 5.02. The minimum Gasteiger partial charge on any atom is -0.493 e. The van der Waals surface area contributed by atoms with Crippen molar-refractivity contribution in [3.63, 3.8) is 0 Å². The first-order valence-corrected chi connectivity index (χ1v) is 12.6. The molecule has 2 aliphatic rings. The molecule has 0 amide bonds. The molecule has 0 radical (unpaired) electrons. The van der Waals surface area contributed by atoms with E-state index in [0.717, 1.165) is 19.9 Å². The van der Waals surface area contributed by atoms with E-state index in [1.165, 1.54) is 11.8 Å². The van der Waals surface area contributed by atoms with Gasteiger partial charge in [0.15, 0.2) is 16.7 Å². The molecule has 0 saturated carbocycles. The van der Waals surface area contributed by atoms with Crippen LogP contribution in [-0.2, 0) is 16.1 Å². The van der Waals surface area contributed by atoms with Crippen LogP contribution in [0.2, 0.25) is 5.02 Å². The zero-order chi connectivity index (χ0) is 23.5. The van der Waals surface area contributed by atoms with Crippen molar-refractivity contribution in [3.05, 3.63) is 79.0 Å². The molecule has 0 unspecified atom stereocenters. The molecule has 0 spiro atoms. The number of aliphatic imine (C=N–C) groups is 1. The lowest BCUT2D eigenvalue weighted by atomic mass is 9.94. The third-order valence-corrected chi connectivity index (χ3v) is 7.00. The Kier molecular flexibility index (Phi) is 7.55. The van der Waals surface area contributed by atoms with Crippen molar-refractivity contribution in [2.45, 2.75) is 26.5 Å². The number of allylic oxidation sites excluding steroid dienone is 1. The van der Waals surface area contributed by atoms with Gasteiger partial charge in [0.25, 0.3) is 0 Å². The third-order valence-electron chi connectivity index (χ3n) is 5.18. The zero-order valence-corrected chi connectivity index (χ0v) is 22.0. The van der Waals surface area contributed by atoms with Crippen molar-refractivity contribution in [3.8, 4) is 11.5 Å². The summed E-state index contributed by atoms with van der Waals surface area (Å²) in [5, 5.41) is 3.46. The number of nitrogens with zero attached hydrogens (tertiary/aromatic N) is 2. The maximum atomic E-state index is 12.9. The number of esters is 1. The summed E-state index contributed by atoms with van der Waals surface area (Å²) in [6.07, 6.45) is 1.93. The van der Waals surface area contributed by atoms with Gasteiger partial charge in [-0.3, -0.25) is 0 Å². The first-order chi connectivity index (χ1) is 15.9. The molecular weight excluding hydrogens is 575 g/mol. The van der Waals surface area contributed by atoms with Crippen molar-refractivity contribution < 1.29 is 19.0 Å². The Morgan fingerprint density at radius 2 is 2.03 bits per heavy atom. The molecule has 9 heteroatoms. The van der Waals surface area contributed by atoms with E-state index in [9.17, 15) is 4.79 Å². The molecule has 0 aromatic heterocycles. The molecule has 6 nitrogen and oxygen atoms in total. The number of halogens is 2.